The molecule has 0 spiro atoms. The molecular formula is C10H9BrN4O2S. The minimum atomic E-state index is -1.10. The van der Waals surface area contributed by atoms with Gasteiger partial charge >= 0.3 is 5.97 Å². The van der Waals surface area contributed by atoms with E-state index in [0.717, 1.165) is 10.2 Å². The van der Waals surface area contributed by atoms with Crippen molar-refractivity contribution in [2.75, 3.05) is 5.32 Å². The van der Waals surface area contributed by atoms with Crippen molar-refractivity contribution in [3.05, 3.63) is 34.0 Å². The first-order valence-corrected chi connectivity index (χ1v) is 6.55. The van der Waals surface area contributed by atoms with Crippen molar-refractivity contribution < 1.29 is 9.90 Å². The van der Waals surface area contributed by atoms with Crippen LogP contribution in [0.5, 0.6) is 0 Å². The highest BCUT2D eigenvalue weighted by molar-refractivity contribution is 9.10. The number of carbonyl (C=O) groups is 1. The Morgan fingerprint density at radius 1 is 1.56 bits per heavy atom. The molecule has 4 N–H and O–H groups in total. The van der Waals surface area contributed by atoms with E-state index in [1.807, 2.05) is 6.07 Å². The van der Waals surface area contributed by atoms with Crippen LogP contribution in [0.3, 0.4) is 0 Å². The van der Waals surface area contributed by atoms with Crippen molar-refractivity contribution in [3.8, 4) is 0 Å². The third-order valence-corrected chi connectivity index (χ3v) is 3.27. The average molecular weight is 329 g/mol. The topological polar surface area (TPSA) is 101 Å². The van der Waals surface area contributed by atoms with Gasteiger partial charge in [0.15, 0.2) is 5.13 Å². The lowest BCUT2D eigenvalue weighted by atomic mass is 10.2. The summed E-state index contributed by atoms with van der Waals surface area (Å²) in [5.41, 5.74) is 6.56. The van der Waals surface area contributed by atoms with Crippen LogP contribution in [0.1, 0.15) is 11.7 Å². The predicted molar refractivity (Wildman–Crippen MR) is 71.9 cm³/mol. The monoisotopic (exact) mass is 328 g/mol. The molecule has 1 unspecified atom stereocenters. The van der Waals surface area contributed by atoms with E-state index < -0.39 is 12.0 Å². The molecule has 0 aliphatic rings. The lowest BCUT2D eigenvalue weighted by Crippen LogP contribution is -2.20. The van der Waals surface area contributed by atoms with Gasteiger partial charge in [-0.05, 0) is 22.0 Å². The normalized spacial score (nSPS) is 12.1. The van der Waals surface area contributed by atoms with Crippen molar-refractivity contribution in [2.24, 2.45) is 5.73 Å². The third kappa shape index (κ3) is 3.03. The second-order valence-corrected chi connectivity index (χ2v) is 5.18. The molecule has 18 heavy (non-hydrogen) atoms. The van der Waals surface area contributed by atoms with Gasteiger partial charge < -0.3 is 16.2 Å². The molecule has 2 rings (SSSR count). The van der Waals surface area contributed by atoms with Gasteiger partial charge in [0.05, 0.1) is 17.6 Å². The van der Waals surface area contributed by atoms with Gasteiger partial charge in [-0.25, -0.2) is 4.98 Å². The fourth-order valence-corrected chi connectivity index (χ4v) is 2.35. The van der Waals surface area contributed by atoms with Gasteiger partial charge in [-0.2, -0.15) is 0 Å². The van der Waals surface area contributed by atoms with E-state index in [4.69, 9.17) is 10.8 Å². The number of anilines is 2. The van der Waals surface area contributed by atoms with Gasteiger partial charge in [0.2, 0.25) is 0 Å². The number of carboxylic acids is 1. The minimum Gasteiger partial charge on any atom is -0.480 e. The fraction of sp³-hybridized carbons (Fsp3) is 0.100. The van der Waals surface area contributed by atoms with Crippen molar-refractivity contribution >= 4 is 44.1 Å². The summed E-state index contributed by atoms with van der Waals surface area (Å²) >= 11 is 4.59. The number of rotatable bonds is 4. The Kier molecular flexibility index (Phi) is 3.90. The summed E-state index contributed by atoms with van der Waals surface area (Å²) in [4.78, 5) is 18.8. The van der Waals surface area contributed by atoms with Crippen LogP contribution in [0.25, 0.3) is 0 Å². The maximum Gasteiger partial charge on any atom is 0.326 e. The smallest absolute Gasteiger partial charge is 0.326 e. The second-order valence-electron chi connectivity index (χ2n) is 3.41. The molecule has 2 aromatic heterocycles. The van der Waals surface area contributed by atoms with Crippen LogP contribution in [-0.4, -0.2) is 21.0 Å². The molecule has 94 valence electrons. The number of pyridine rings is 1. The molecule has 2 heterocycles. The van der Waals surface area contributed by atoms with Crippen LogP contribution in [0.4, 0.5) is 10.8 Å². The molecule has 6 nitrogen and oxygen atoms in total. The summed E-state index contributed by atoms with van der Waals surface area (Å²) in [6.45, 7) is 0. The van der Waals surface area contributed by atoms with Crippen LogP contribution in [0.2, 0.25) is 0 Å². The van der Waals surface area contributed by atoms with E-state index in [-0.39, 0.29) is 0 Å². The number of hydrogen-bond acceptors (Lipinski definition) is 6. The van der Waals surface area contributed by atoms with Crippen LogP contribution < -0.4 is 11.1 Å². The first-order valence-electron chi connectivity index (χ1n) is 4.87. The maximum absolute atomic E-state index is 10.7. The number of hydrogen-bond donors (Lipinski definition) is 3. The fourth-order valence-electron chi connectivity index (χ4n) is 1.22. The first kappa shape index (κ1) is 12.9. The predicted octanol–water partition coefficient (Wildman–Crippen LogP) is 2.13. The van der Waals surface area contributed by atoms with E-state index >= 15 is 0 Å². The summed E-state index contributed by atoms with van der Waals surface area (Å²) in [5.74, 6) is -1.10. The Hall–Kier alpha value is -1.51. The van der Waals surface area contributed by atoms with Crippen molar-refractivity contribution in [1.82, 2.24) is 9.97 Å². The zero-order valence-corrected chi connectivity index (χ0v) is 11.4. The Bertz CT molecular complexity index is 575. The zero-order valence-electron chi connectivity index (χ0n) is 9.00. The van der Waals surface area contributed by atoms with E-state index in [1.165, 1.54) is 11.3 Å². The van der Waals surface area contributed by atoms with Gasteiger partial charge in [-0.15, -0.1) is 11.3 Å². The SMILES string of the molecule is NC(C(=O)O)c1csc(Nc2cncc(Br)c2)n1. The molecule has 0 aliphatic carbocycles. The van der Waals surface area contributed by atoms with Crippen molar-refractivity contribution in [2.45, 2.75) is 6.04 Å². The molecule has 0 fully saturated rings. The summed E-state index contributed by atoms with van der Waals surface area (Å²) < 4.78 is 0.839. The molecule has 0 aromatic carbocycles. The number of thiazole rings is 1. The summed E-state index contributed by atoms with van der Waals surface area (Å²) in [5, 5.41) is 14.0. The molecule has 0 amide bonds. The molecule has 0 saturated carbocycles. The minimum absolute atomic E-state index is 0.331. The van der Waals surface area contributed by atoms with Gasteiger partial charge in [0, 0.05) is 16.0 Å². The molecule has 2 aromatic rings. The number of aliphatic carboxylic acids is 1. The highest BCUT2D eigenvalue weighted by atomic mass is 79.9. The largest absolute Gasteiger partial charge is 0.480 e. The Labute approximate surface area is 115 Å². The number of nitrogens with zero attached hydrogens (tertiary/aromatic N) is 2. The number of carboxylic acid groups (broad SMARTS) is 1. The molecule has 0 saturated heterocycles. The van der Waals surface area contributed by atoms with Gasteiger partial charge in [-0.1, -0.05) is 0 Å². The van der Waals surface area contributed by atoms with E-state index in [2.05, 4.69) is 31.2 Å². The van der Waals surface area contributed by atoms with Crippen LogP contribution >= 0.6 is 27.3 Å². The quantitative estimate of drug-likeness (QED) is 0.794. The summed E-state index contributed by atoms with van der Waals surface area (Å²) in [7, 11) is 0. The molecule has 1 atom stereocenters. The first-order chi connectivity index (χ1) is 8.56. The highest BCUT2D eigenvalue weighted by Crippen LogP contribution is 2.24. The summed E-state index contributed by atoms with van der Waals surface area (Å²) in [6.07, 6.45) is 3.31. The highest BCUT2D eigenvalue weighted by Gasteiger charge is 2.17. The molecule has 0 bridgehead atoms. The van der Waals surface area contributed by atoms with E-state index in [0.29, 0.717) is 10.8 Å². The van der Waals surface area contributed by atoms with Crippen LogP contribution in [0, 0.1) is 0 Å². The maximum atomic E-state index is 10.7. The number of nitrogens with two attached hydrogens (primary N) is 1. The Balaban J connectivity index is 2.14. The number of nitrogens with one attached hydrogen (secondary N) is 1. The number of halogens is 1. The van der Waals surface area contributed by atoms with Crippen molar-refractivity contribution in [3.63, 3.8) is 0 Å². The second kappa shape index (κ2) is 5.42. The lowest BCUT2D eigenvalue weighted by molar-refractivity contribution is -0.138. The summed E-state index contributed by atoms with van der Waals surface area (Å²) in [6, 6.07) is 0.739. The van der Waals surface area contributed by atoms with Crippen LogP contribution in [-0.2, 0) is 4.79 Å². The molecular weight excluding hydrogens is 320 g/mol. The van der Waals surface area contributed by atoms with Gasteiger partial charge in [0.25, 0.3) is 0 Å². The van der Waals surface area contributed by atoms with Crippen molar-refractivity contribution in [1.29, 1.82) is 0 Å². The molecule has 0 radical (unpaired) electrons. The third-order valence-electron chi connectivity index (χ3n) is 2.06. The molecule has 8 heteroatoms. The Morgan fingerprint density at radius 3 is 3.00 bits per heavy atom. The van der Waals surface area contributed by atoms with E-state index in [9.17, 15) is 4.79 Å². The zero-order chi connectivity index (χ0) is 13.1. The number of aromatic nitrogens is 2. The van der Waals surface area contributed by atoms with E-state index in [1.54, 1.807) is 17.8 Å². The Morgan fingerprint density at radius 2 is 2.33 bits per heavy atom. The van der Waals surface area contributed by atoms with Crippen LogP contribution in [0.15, 0.2) is 28.3 Å². The van der Waals surface area contributed by atoms with Gasteiger partial charge in [-0.3, -0.25) is 9.78 Å². The van der Waals surface area contributed by atoms with Gasteiger partial charge in [0.1, 0.15) is 6.04 Å². The average Bonchev–Trinajstić information content (AvgIpc) is 2.76. The standard InChI is InChI=1S/C10H9BrN4O2S/c11-5-1-6(3-13-2-5)14-10-15-7(4-18-10)8(12)9(16)17/h1-4,8H,12H2,(H,14,15)(H,16,17). The lowest BCUT2D eigenvalue weighted by Gasteiger charge is -2.03. The molecule has 0 aliphatic heterocycles.